The summed E-state index contributed by atoms with van der Waals surface area (Å²) in [7, 11) is 0. The molecule has 0 aliphatic heterocycles. The molecule has 0 aliphatic carbocycles. The van der Waals surface area contributed by atoms with Gasteiger partial charge >= 0.3 is 18.0 Å². The number of rotatable bonds is 1. The summed E-state index contributed by atoms with van der Waals surface area (Å²) in [5.41, 5.74) is -2.36. The van der Waals surface area contributed by atoms with Crippen molar-refractivity contribution in [1.82, 2.24) is 0 Å². The lowest BCUT2D eigenvalue weighted by atomic mass is 9.94. The molecule has 0 saturated carbocycles. The third-order valence-electron chi connectivity index (χ3n) is 2.07. The Labute approximate surface area is 91.0 Å². The van der Waals surface area contributed by atoms with Gasteiger partial charge in [0.05, 0.1) is 0 Å². The zero-order valence-corrected chi connectivity index (χ0v) is 8.03. The van der Waals surface area contributed by atoms with Crippen molar-refractivity contribution in [2.75, 3.05) is 5.73 Å². The Balaban J connectivity index is 3.46. The summed E-state index contributed by atoms with van der Waals surface area (Å²) in [5, 5.41) is 0. The van der Waals surface area contributed by atoms with Gasteiger partial charge in [0, 0.05) is 11.3 Å². The molecule has 1 nitrogen and oxygen atoms in total. The van der Waals surface area contributed by atoms with Gasteiger partial charge < -0.3 is 5.73 Å². The van der Waals surface area contributed by atoms with E-state index >= 15 is 0 Å². The van der Waals surface area contributed by atoms with Gasteiger partial charge in [-0.25, -0.2) is 4.39 Å². The number of nitrogens with two attached hydrogens (primary N) is 1. The maximum Gasteiger partial charge on any atom is 0.435 e. The Morgan fingerprint density at radius 3 is 1.65 bits per heavy atom. The molecule has 0 unspecified atom stereocenters. The Hall–Kier alpha value is -1.47. The zero-order chi connectivity index (χ0) is 13.5. The monoisotopic (exact) mass is 261 g/mol. The molecule has 0 radical (unpaired) electrons. The quantitative estimate of drug-likeness (QED) is 0.607. The van der Waals surface area contributed by atoms with E-state index in [2.05, 4.69) is 0 Å². The lowest BCUT2D eigenvalue weighted by Gasteiger charge is -2.30. The highest BCUT2D eigenvalue weighted by atomic mass is 19.4. The van der Waals surface area contributed by atoms with E-state index in [0.717, 1.165) is 12.1 Å². The molecule has 0 atom stereocenters. The van der Waals surface area contributed by atoms with Crippen molar-refractivity contribution >= 4 is 5.69 Å². The fourth-order valence-corrected chi connectivity index (χ4v) is 1.24. The van der Waals surface area contributed by atoms with Crippen molar-refractivity contribution in [1.29, 1.82) is 0 Å². The van der Waals surface area contributed by atoms with Crippen molar-refractivity contribution in [3.63, 3.8) is 0 Å². The third kappa shape index (κ3) is 2.16. The minimum Gasteiger partial charge on any atom is -0.399 e. The maximum atomic E-state index is 13.4. The first-order valence-corrected chi connectivity index (χ1v) is 4.18. The number of benzene rings is 1. The molecule has 0 amide bonds. The Morgan fingerprint density at radius 1 is 0.824 bits per heavy atom. The van der Waals surface area contributed by atoms with Crippen molar-refractivity contribution in [3.8, 4) is 0 Å². The van der Waals surface area contributed by atoms with Crippen LogP contribution in [-0.2, 0) is 5.67 Å². The van der Waals surface area contributed by atoms with Gasteiger partial charge in [-0.05, 0) is 12.1 Å². The van der Waals surface area contributed by atoms with E-state index in [4.69, 9.17) is 5.73 Å². The molecular formula is C9H6F7N. The Morgan fingerprint density at radius 2 is 1.29 bits per heavy atom. The largest absolute Gasteiger partial charge is 0.435 e. The van der Waals surface area contributed by atoms with Gasteiger partial charge in [0.15, 0.2) is 0 Å². The average Bonchev–Trinajstić information content (AvgIpc) is 2.12. The zero-order valence-electron chi connectivity index (χ0n) is 8.03. The summed E-state index contributed by atoms with van der Waals surface area (Å²) >= 11 is 0. The molecule has 1 rings (SSSR count). The second-order valence-corrected chi connectivity index (χ2v) is 3.28. The molecule has 0 saturated heterocycles. The first-order chi connectivity index (χ1) is 7.50. The highest BCUT2D eigenvalue weighted by molar-refractivity contribution is 5.43. The summed E-state index contributed by atoms with van der Waals surface area (Å²) in [6.45, 7) is 0. The van der Waals surface area contributed by atoms with Crippen molar-refractivity contribution in [3.05, 3.63) is 29.8 Å². The van der Waals surface area contributed by atoms with Crippen LogP contribution in [0.1, 0.15) is 5.56 Å². The predicted molar refractivity (Wildman–Crippen MR) is 45.8 cm³/mol. The van der Waals surface area contributed by atoms with Gasteiger partial charge in [-0.2, -0.15) is 26.3 Å². The van der Waals surface area contributed by atoms with Crippen LogP contribution in [0, 0.1) is 0 Å². The highest BCUT2D eigenvalue weighted by Gasteiger charge is 2.73. The van der Waals surface area contributed by atoms with E-state index in [0.29, 0.717) is 12.1 Å². The lowest BCUT2D eigenvalue weighted by Crippen LogP contribution is -2.50. The van der Waals surface area contributed by atoms with Crippen LogP contribution in [0.15, 0.2) is 24.3 Å². The average molecular weight is 261 g/mol. The molecule has 2 N–H and O–H groups in total. The second kappa shape index (κ2) is 3.78. The second-order valence-electron chi connectivity index (χ2n) is 3.28. The first-order valence-electron chi connectivity index (χ1n) is 4.18. The Kier molecular flexibility index (Phi) is 3.02. The van der Waals surface area contributed by atoms with Crippen LogP contribution in [0.3, 0.4) is 0 Å². The molecule has 0 fully saturated rings. The predicted octanol–water partition coefficient (Wildman–Crippen LogP) is 3.56. The van der Waals surface area contributed by atoms with Crippen LogP contribution in [0.4, 0.5) is 36.4 Å². The molecule has 0 heterocycles. The molecular weight excluding hydrogens is 255 g/mol. The number of alkyl halides is 7. The molecule has 0 spiro atoms. The summed E-state index contributed by atoms with van der Waals surface area (Å²) in [5.74, 6) is 0. The molecule has 0 aliphatic rings. The summed E-state index contributed by atoms with van der Waals surface area (Å²) in [6.07, 6.45) is -12.2. The fourth-order valence-electron chi connectivity index (χ4n) is 1.24. The van der Waals surface area contributed by atoms with E-state index in [1.807, 2.05) is 0 Å². The summed E-state index contributed by atoms with van der Waals surface area (Å²) in [6, 6.07) is 2.56. The van der Waals surface area contributed by atoms with Crippen LogP contribution in [0.25, 0.3) is 0 Å². The maximum absolute atomic E-state index is 13.4. The highest BCUT2D eigenvalue weighted by Crippen LogP contribution is 2.53. The van der Waals surface area contributed by atoms with Crippen LogP contribution in [-0.4, -0.2) is 12.4 Å². The van der Waals surface area contributed by atoms with Crippen molar-refractivity contribution in [2.24, 2.45) is 0 Å². The SMILES string of the molecule is Nc1cccc(C(F)(C(F)(F)F)C(F)(F)F)c1. The van der Waals surface area contributed by atoms with E-state index in [-0.39, 0.29) is 0 Å². The van der Waals surface area contributed by atoms with Crippen LogP contribution < -0.4 is 5.73 Å². The number of anilines is 1. The van der Waals surface area contributed by atoms with Gasteiger partial charge in [0.25, 0.3) is 0 Å². The summed E-state index contributed by atoms with van der Waals surface area (Å²) in [4.78, 5) is 0. The lowest BCUT2D eigenvalue weighted by molar-refractivity contribution is -0.348. The standard InChI is InChI=1S/C9H6F7N/c10-7(8(11,12)13,9(14,15)16)5-2-1-3-6(17)4-5/h1-4H,17H2. The minimum atomic E-state index is -6.11. The van der Waals surface area contributed by atoms with E-state index in [1.54, 1.807) is 0 Å². The number of hydrogen-bond acceptors (Lipinski definition) is 1. The molecule has 17 heavy (non-hydrogen) atoms. The molecule has 96 valence electrons. The molecule has 1 aromatic rings. The van der Waals surface area contributed by atoms with E-state index < -0.39 is 29.3 Å². The third-order valence-corrected chi connectivity index (χ3v) is 2.07. The van der Waals surface area contributed by atoms with Crippen LogP contribution in [0.2, 0.25) is 0 Å². The first kappa shape index (κ1) is 13.6. The number of hydrogen-bond donors (Lipinski definition) is 1. The minimum absolute atomic E-state index is 0.307. The number of halogens is 7. The molecule has 1 aromatic carbocycles. The number of nitrogen functional groups attached to an aromatic ring is 1. The normalized spacial score (nSPS) is 13.8. The van der Waals surface area contributed by atoms with E-state index in [1.165, 1.54) is 0 Å². The smallest absolute Gasteiger partial charge is 0.399 e. The molecule has 0 bridgehead atoms. The summed E-state index contributed by atoms with van der Waals surface area (Å²) < 4.78 is 87.1. The van der Waals surface area contributed by atoms with Crippen molar-refractivity contribution < 1.29 is 30.7 Å². The van der Waals surface area contributed by atoms with E-state index in [9.17, 15) is 30.7 Å². The van der Waals surface area contributed by atoms with Crippen LogP contribution in [0.5, 0.6) is 0 Å². The fraction of sp³-hybridized carbons (Fsp3) is 0.333. The topological polar surface area (TPSA) is 26.0 Å². The van der Waals surface area contributed by atoms with Gasteiger partial charge in [0.2, 0.25) is 0 Å². The van der Waals surface area contributed by atoms with Crippen molar-refractivity contribution in [2.45, 2.75) is 18.0 Å². The van der Waals surface area contributed by atoms with Gasteiger partial charge in [-0.3, -0.25) is 0 Å². The van der Waals surface area contributed by atoms with Gasteiger partial charge in [0.1, 0.15) is 0 Å². The van der Waals surface area contributed by atoms with Gasteiger partial charge in [-0.1, -0.05) is 12.1 Å². The molecule has 0 aromatic heterocycles. The van der Waals surface area contributed by atoms with Gasteiger partial charge in [-0.15, -0.1) is 0 Å². The van der Waals surface area contributed by atoms with Crippen LogP contribution >= 0.6 is 0 Å². The molecule has 8 heteroatoms. The Bertz CT molecular complexity index is 393.